The molecule has 1 N–H and O–H groups in total. The van der Waals surface area contributed by atoms with E-state index in [1.807, 2.05) is 14.0 Å². The van der Waals surface area contributed by atoms with Crippen LogP contribution in [0.15, 0.2) is 6.07 Å². The maximum Gasteiger partial charge on any atom is 0.218 e. The predicted molar refractivity (Wildman–Crippen MR) is 62.9 cm³/mol. The second kappa shape index (κ2) is 7.00. The molecule has 0 aliphatic heterocycles. The Balaban J connectivity index is 2.38. The summed E-state index contributed by atoms with van der Waals surface area (Å²) in [5, 5.41) is 2.96. The zero-order valence-electron chi connectivity index (χ0n) is 10.1. The Hall–Kier alpha value is -1.36. The van der Waals surface area contributed by atoms with E-state index in [1.165, 1.54) is 0 Å². The van der Waals surface area contributed by atoms with Gasteiger partial charge in [0.25, 0.3) is 0 Å². The van der Waals surface area contributed by atoms with Crippen molar-refractivity contribution in [3.05, 3.63) is 11.9 Å². The van der Waals surface area contributed by atoms with Crippen LogP contribution in [0, 0.1) is 6.92 Å². The summed E-state index contributed by atoms with van der Waals surface area (Å²) in [7, 11) is 1.82. The quantitative estimate of drug-likeness (QED) is 0.715. The van der Waals surface area contributed by atoms with Crippen LogP contribution in [0.3, 0.4) is 0 Å². The number of ether oxygens (including phenoxy) is 2. The third-order valence-corrected chi connectivity index (χ3v) is 1.90. The molecule has 0 spiro atoms. The summed E-state index contributed by atoms with van der Waals surface area (Å²) >= 11 is 0. The first-order valence-corrected chi connectivity index (χ1v) is 5.50. The van der Waals surface area contributed by atoms with E-state index in [4.69, 9.17) is 9.47 Å². The van der Waals surface area contributed by atoms with Crippen molar-refractivity contribution in [1.29, 1.82) is 0 Å². The van der Waals surface area contributed by atoms with Crippen molar-refractivity contribution in [2.75, 3.05) is 32.2 Å². The monoisotopic (exact) mass is 225 g/mol. The molecule has 5 nitrogen and oxygen atoms in total. The number of nitrogens with zero attached hydrogens (tertiary/aromatic N) is 2. The average Bonchev–Trinajstić information content (AvgIpc) is 2.28. The van der Waals surface area contributed by atoms with Crippen LogP contribution in [-0.4, -0.2) is 36.8 Å². The van der Waals surface area contributed by atoms with E-state index in [0.717, 1.165) is 18.8 Å². The fourth-order valence-electron chi connectivity index (χ4n) is 1.19. The van der Waals surface area contributed by atoms with E-state index in [-0.39, 0.29) is 0 Å². The first-order valence-electron chi connectivity index (χ1n) is 5.50. The number of anilines is 1. The summed E-state index contributed by atoms with van der Waals surface area (Å²) in [5.74, 6) is 2.03. The predicted octanol–water partition coefficient (Wildman–Crippen LogP) is 1.63. The highest BCUT2D eigenvalue weighted by Crippen LogP contribution is 2.12. The molecule has 5 heteroatoms. The normalized spacial score (nSPS) is 10.2. The molecule has 0 unspecified atom stereocenters. The third-order valence-electron chi connectivity index (χ3n) is 1.90. The van der Waals surface area contributed by atoms with Gasteiger partial charge in [-0.25, -0.2) is 4.98 Å². The second-order valence-electron chi connectivity index (χ2n) is 3.35. The van der Waals surface area contributed by atoms with E-state index in [1.54, 1.807) is 6.07 Å². The lowest BCUT2D eigenvalue weighted by Crippen LogP contribution is -2.09. The van der Waals surface area contributed by atoms with Gasteiger partial charge < -0.3 is 14.8 Å². The highest BCUT2D eigenvalue weighted by molar-refractivity contribution is 5.37. The van der Waals surface area contributed by atoms with E-state index in [9.17, 15) is 0 Å². The Labute approximate surface area is 96.2 Å². The minimum atomic E-state index is 0.513. The van der Waals surface area contributed by atoms with Gasteiger partial charge in [0.05, 0.1) is 6.61 Å². The molecule has 0 amide bonds. The van der Waals surface area contributed by atoms with Crippen LogP contribution in [0.5, 0.6) is 5.88 Å². The van der Waals surface area contributed by atoms with Gasteiger partial charge >= 0.3 is 0 Å². The SMILES string of the molecule is CCCOCCOc1cc(NC)nc(C)n1. The molecule has 0 fully saturated rings. The van der Waals surface area contributed by atoms with Gasteiger partial charge in [-0.3, -0.25) is 0 Å². The minimum Gasteiger partial charge on any atom is -0.475 e. The van der Waals surface area contributed by atoms with Crippen molar-refractivity contribution in [1.82, 2.24) is 9.97 Å². The van der Waals surface area contributed by atoms with Crippen LogP contribution in [0.2, 0.25) is 0 Å². The van der Waals surface area contributed by atoms with E-state index < -0.39 is 0 Å². The molecule has 0 aliphatic carbocycles. The van der Waals surface area contributed by atoms with Crippen LogP contribution in [0.4, 0.5) is 5.82 Å². The van der Waals surface area contributed by atoms with Gasteiger partial charge in [0.2, 0.25) is 5.88 Å². The van der Waals surface area contributed by atoms with Crippen LogP contribution >= 0.6 is 0 Å². The number of aryl methyl sites for hydroxylation is 1. The number of hydrogen-bond donors (Lipinski definition) is 1. The highest BCUT2D eigenvalue weighted by Gasteiger charge is 2.01. The standard InChI is InChI=1S/C11H19N3O2/c1-4-5-15-6-7-16-11-8-10(12-3)13-9(2)14-11/h8H,4-7H2,1-3H3,(H,12,13,14). The molecule has 0 saturated carbocycles. The second-order valence-corrected chi connectivity index (χ2v) is 3.35. The lowest BCUT2D eigenvalue weighted by Gasteiger charge is -2.07. The zero-order valence-corrected chi connectivity index (χ0v) is 10.1. The average molecular weight is 225 g/mol. The largest absolute Gasteiger partial charge is 0.475 e. The van der Waals surface area contributed by atoms with Gasteiger partial charge in [0.15, 0.2) is 0 Å². The number of aromatic nitrogens is 2. The molecule has 0 atom stereocenters. The fourth-order valence-corrected chi connectivity index (χ4v) is 1.19. The molecule has 0 aliphatic rings. The van der Waals surface area contributed by atoms with Gasteiger partial charge in [-0.2, -0.15) is 4.98 Å². The first-order chi connectivity index (χ1) is 7.76. The number of hydrogen-bond acceptors (Lipinski definition) is 5. The maximum absolute atomic E-state index is 5.46. The van der Waals surface area contributed by atoms with Crippen molar-refractivity contribution in [3.8, 4) is 5.88 Å². The smallest absolute Gasteiger partial charge is 0.218 e. The summed E-state index contributed by atoms with van der Waals surface area (Å²) in [6.07, 6.45) is 1.02. The number of rotatable bonds is 7. The third kappa shape index (κ3) is 4.44. The summed E-state index contributed by atoms with van der Waals surface area (Å²) in [5.41, 5.74) is 0. The van der Waals surface area contributed by atoms with Crippen molar-refractivity contribution in [2.24, 2.45) is 0 Å². The molecule has 0 saturated heterocycles. The Morgan fingerprint density at radius 2 is 2.06 bits per heavy atom. The van der Waals surface area contributed by atoms with E-state index >= 15 is 0 Å². The Morgan fingerprint density at radius 3 is 2.75 bits per heavy atom. The molecule has 1 aromatic rings. The molecule has 0 radical (unpaired) electrons. The molecular formula is C11H19N3O2. The molecule has 0 bridgehead atoms. The van der Waals surface area contributed by atoms with Gasteiger partial charge in [0, 0.05) is 19.7 Å². The van der Waals surface area contributed by atoms with Crippen LogP contribution < -0.4 is 10.1 Å². The van der Waals surface area contributed by atoms with Crippen LogP contribution in [-0.2, 0) is 4.74 Å². The Bertz CT molecular complexity index is 318. The van der Waals surface area contributed by atoms with Crippen molar-refractivity contribution in [3.63, 3.8) is 0 Å². The maximum atomic E-state index is 5.46. The Morgan fingerprint density at radius 1 is 1.25 bits per heavy atom. The van der Waals surface area contributed by atoms with Crippen molar-refractivity contribution in [2.45, 2.75) is 20.3 Å². The molecular weight excluding hydrogens is 206 g/mol. The van der Waals surface area contributed by atoms with Gasteiger partial charge in [-0.15, -0.1) is 0 Å². The van der Waals surface area contributed by atoms with Gasteiger partial charge in [-0.1, -0.05) is 6.92 Å². The molecule has 0 aromatic carbocycles. The van der Waals surface area contributed by atoms with Gasteiger partial charge in [-0.05, 0) is 13.3 Å². The van der Waals surface area contributed by atoms with E-state index in [2.05, 4.69) is 22.2 Å². The van der Waals surface area contributed by atoms with Crippen LogP contribution in [0.25, 0.3) is 0 Å². The first kappa shape index (κ1) is 12.7. The topological polar surface area (TPSA) is 56.3 Å². The molecule has 1 rings (SSSR count). The minimum absolute atomic E-state index is 0.513. The summed E-state index contributed by atoms with van der Waals surface area (Å²) in [6, 6.07) is 1.77. The highest BCUT2D eigenvalue weighted by atomic mass is 16.5. The lowest BCUT2D eigenvalue weighted by atomic mass is 10.5. The molecule has 1 heterocycles. The lowest BCUT2D eigenvalue weighted by molar-refractivity contribution is 0.0989. The summed E-state index contributed by atoms with van der Waals surface area (Å²) in [6.45, 7) is 5.79. The van der Waals surface area contributed by atoms with Crippen molar-refractivity contribution >= 4 is 5.82 Å². The summed E-state index contributed by atoms with van der Waals surface area (Å²) < 4.78 is 10.8. The fraction of sp³-hybridized carbons (Fsp3) is 0.636. The van der Waals surface area contributed by atoms with E-state index in [0.29, 0.717) is 24.9 Å². The van der Waals surface area contributed by atoms with Gasteiger partial charge in [0.1, 0.15) is 18.2 Å². The molecule has 16 heavy (non-hydrogen) atoms. The summed E-state index contributed by atoms with van der Waals surface area (Å²) in [4.78, 5) is 8.35. The molecule has 90 valence electrons. The number of nitrogens with one attached hydrogen (secondary N) is 1. The van der Waals surface area contributed by atoms with Crippen molar-refractivity contribution < 1.29 is 9.47 Å². The molecule has 1 aromatic heterocycles. The Kier molecular flexibility index (Phi) is 5.56. The zero-order chi connectivity index (χ0) is 11.8. The van der Waals surface area contributed by atoms with Crippen LogP contribution in [0.1, 0.15) is 19.2 Å².